The molecule has 40 heavy (non-hydrogen) atoms. The quantitative estimate of drug-likeness (QED) is 0.181. The van der Waals surface area contributed by atoms with Gasteiger partial charge in [0.05, 0.1) is 13.7 Å². The maximum Gasteiger partial charge on any atom is 0.410 e. The van der Waals surface area contributed by atoms with E-state index in [0.717, 1.165) is 31.6 Å². The number of ketones is 1. The van der Waals surface area contributed by atoms with Crippen molar-refractivity contribution in [3.8, 4) is 5.75 Å². The molecule has 1 N–H and O–H groups in total. The molecule has 0 spiro atoms. The molecule has 7 heteroatoms. The summed E-state index contributed by atoms with van der Waals surface area (Å²) in [6.45, 7) is 14.9. The molecule has 7 nitrogen and oxygen atoms in total. The number of benzene rings is 1. The van der Waals surface area contributed by atoms with Crippen molar-refractivity contribution in [2.75, 3.05) is 13.7 Å². The van der Waals surface area contributed by atoms with Crippen LogP contribution in [0.2, 0.25) is 0 Å². The molecule has 0 radical (unpaired) electrons. The first-order valence-electron chi connectivity index (χ1n) is 14.4. The number of unbranched alkanes of at least 4 members (excludes halogenated alkanes) is 1. The molecule has 220 valence electrons. The largest absolute Gasteiger partial charge is 0.494 e. The molecule has 2 rings (SSSR count). The molecule has 0 aliphatic heterocycles. The molecule has 0 fully saturated rings. The van der Waals surface area contributed by atoms with E-state index < -0.39 is 11.7 Å². The SMILES string of the molecule is CCCCOc1ccc(CC(C)C(C)C(C)C(=O)c2c(C)cc(C(C)CC/C=C/NC(=O)OC)oc2=O)c(C)c1. The summed E-state index contributed by atoms with van der Waals surface area (Å²) in [6.07, 6.45) is 7.19. The van der Waals surface area contributed by atoms with Gasteiger partial charge in [0.2, 0.25) is 0 Å². The summed E-state index contributed by atoms with van der Waals surface area (Å²) in [5.74, 6) is 1.22. The molecule has 4 unspecified atom stereocenters. The number of carbonyl (C=O) groups excluding carboxylic acids is 2. The normalized spacial score (nSPS) is 14.4. The molecule has 1 amide bonds. The van der Waals surface area contributed by atoms with Crippen LogP contribution in [-0.2, 0) is 11.2 Å². The van der Waals surface area contributed by atoms with E-state index in [4.69, 9.17) is 9.15 Å². The van der Waals surface area contributed by atoms with Crippen LogP contribution in [-0.4, -0.2) is 25.6 Å². The van der Waals surface area contributed by atoms with Gasteiger partial charge in [-0.1, -0.05) is 53.2 Å². The second-order valence-electron chi connectivity index (χ2n) is 11.0. The molecular formula is C33H47NO6. The highest BCUT2D eigenvalue weighted by Gasteiger charge is 2.30. The van der Waals surface area contributed by atoms with Crippen LogP contribution in [0.1, 0.15) is 99.0 Å². The summed E-state index contributed by atoms with van der Waals surface area (Å²) < 4.78 is 16.0. The molecule has 0 saturated carbocycles. The highest BCUT2D eigenvalue weighted by Crippen LogP contribution is 2.30. The number of allylic oxidation sites excluding steroid dienone is 1. The zero-order valence-corrected chi connectivity index (χ0v) is 25.5. The number of hydrogen-bond donors (Lipinski definition) is 1. The van der Waals surface area contributed by atoms with Gasteiger partial charge in [0.1, 0.15) is 17.1 Å². The van der Waals surface area contributed by atoms with E-state index in [1.165, 1.54) is 24.4 Å². The van der Waals surface area contributed by atoms with Crippen LogP contribution in [0.5, 0.6) is 5.75 Å². The number of carbonyl (C=O) groups is 2. The number of rotatable bonds is 15. The highest BCUT2D eigenvalue weighted by molar-refractivity contribution is 5.98. The van der Waals surface area contributed by atoms with Gasteiger partial charge in [-0.05, 0) is 86.3 Å². The summed E-state index contributed by atoms with van der Waals surface area (Å²) in [4.78, 5) is 37.6. The molecule has 1 aromatic heterocycles. The Labute approximate surface area is 239 Å². The van der Waals surface area contributed by atoms with Gasteiger partial charge in [-0.3, -0.25) is 10.1 Å². The predicted octanol–water partition coefficient (Wildman–Crippen LogP) is 7.52. The Morgan fingerprint density at radius 2 is 1.80 bits per heavy atom. The number of amides is 1. The summed E-state index contributed by atoms with van der Waals surface area (Å²) >= 11 is 0. The van der Waals surface area contributed by atoms with Crippen molar-refractivity contribution in [3.05, 3.63) is 75.0 Å². The van der Waals surface area contributed by atoms with Crippen LogP contribution in [0.3, 0.4) is 0 Å². The zero-order chi connectivity index (χ0) is 29.8. The summed E-state index contributed by atoms with van der Waals surface area (Å²) in [5, 5.41) is 2.48. The summed E-state index contributed by atoms with van der Waals surface area (Å²) in [7, 11) is 1.30. The first-order chi connectivity index (χ1) is 19.0. The van der Waals surface area contributed by atoms with Crippen LogP contribution in [0.15, 0.2) is 45.8 Å². The van der Waals surface area contributed by atoms with Crippen molar-refractivity contribution in [1.82, 2.24) is 5.32 Å². The number of nitrogens with one attached hydrogen (secondary N) is 1. The van der Waals surface area contributed by atoms with Crippen LogP contribution in [0, 0.1) is 31.6 Å². The van der Waals surface area contributed by atoms with E-state index in [1.807, 2.05) is 32.1 Å². The first-order valence-corrected chi connectivity index (χ1v) is 14.4. The minimum atomic E-state index is -0.573. The van der Waals surface area contributed by atoms with Gasteiger partial charge in [-0.25, -0.2) is 9.59 Å². The lowest BCUT2D eigenvalue weighted by Gasteiger charge is -2.26. The van der Waals surface area contributed by atoms with Crippen molar-refractivity contribution in [1.29, 1.82) is 0 Å². The fourth-order valence-electron chi connectivity index (χ4n) is 4.74. The molecule has 1 aromatic carbocycles. The Bertz CT molecular complexity index is 1210. The number of aryl methyl sites for hydroxylation is 2. The minimum Gasteiger partial charge on any atom is -0.494 e. The van der Waals surface area contributed by atoms with Crippen LogP contribution in [0.4, 0.5) is 4.79 Å². The van der Waals surface area contributed by atoms with Gasteiger partial charge in [0.15, 0.2) is 5.78 Å². The molecule has 0 aliphatic rings. The Morgan fingerprint density at radius 3 is 2.42 bits per heavy atom. The average molecular weight is 554 g/mol. The number of hydrogen-bond acceptors (Lipinski definition) is 6. The Hall–Kier alpha value is -3.35. The third-order valence-corrected chi connectivity index (χ3v) is 7.89. The summed E-state index contributed by atoms with van der Waals surface area (Å²) in [5.41, 5.74) is 2.65. The molecular weight excluding hydrogens is 506 g/mol. The van der Waals surface area contributed by atoms with E-state index in [9.17, 15) is 14.4 Å². The van der Waals surface area contributed by atoms with Gasteiger partial charge >= 0.3 is 11.7 Å². The van der Waals surface area contributed by atoms with E-state index in [0.29, 0.717) is 24.2 Å². The molecule has 1 heterocycles. The molecule has 4 atom stereocenters. The lowest BCUT2D eigenvalue weighted by Crippen LogP contribution is -2.29. The zero-order valence-electron chi connectivity index (χ0n) is 25.5. The van der Waals surface area contributed by atoms with Gasteiger partial charge < -0.3 is 13.9 Å². The Kier molecular flexibility index (Phi) is 13.2. The second kappa shape index (κ2) is 16.0. The van der Waals surface area contributed by atoms with Crippen LogP contribution < -0.4 is 15.7 Å². The summed E-state index contributed by atoms with van der Waals surface area (Å²) in [6, 6.07) is 8.04. The van der Waals surface area contributed by atoms with Gasteiger partial charge in [-0.2, -0.15) is 0 Å². The van der Waals surface area contributed by atoms with Crippen molar-refractivity contribution < 1.29 is 23.5 Å². The van der Waals surface area contributed by atoms with Gasteiger partial charge in [-0.15, -0.1) is 0 Å². The van der Waals surface area contributed by atoms with Crippen LogP contribution in [0.25, 0.3) is 0 Å². The van der Waals surface area contributed by atoms with E-state index >= 15 is 0 Å². The lowest BCUT2D eigenvalue weighted by molar-refractivity contribution is 0.0860. The van der Waals surface area contributed by atoms with E-state index in [2.05, 4.69) is 49.9 Å². The van der Waals surface area contributed by atoms with Crippen molar-refractivity contribution in [2.45, 2.75) is 86.5 Å². The fourth-order valence-corrected chi connectivity index (χ4v) is 4.74. The Balaban J connectivity index is 2.04. The average Bonchev–Trinajstić information content (AvgIpc) is 2.92. The van der Waals surface area contributed by atoms with Crippen molar-refractivity contribution in [3.63, 3.8) is 0 Å². The van der Waals surface area contributed by atoms with Crippen molar-refractivity contribution in [2.24, 2.45) is 17.8 Å². The third-order valence-electron chi connectivity index (χ3n) is 7.89. The molecule has 2 aromatic rings. The number of methoxy groups -OCH3 is 1. The highest BCUT2D eigenvalue weighted by atomic mass is 16.5. The van der Waals surface area contributed by atoms with Crippen molar-refractivity contribution >= 4 is 11.9 Å². The molecule has 0 saturated heterocycles. The van der Waals surface area contributed by atoms with Gasteiger partial charge in [0.25, 0.3) is 0 Å². The molecule has 0 bridgehead atoms. The first kappa shape index (κ1) is 32.9. The lowest BCUT2D eigenvalue weighted by atomic mass is 9.77. The minimum absolute atomic E-state index is 0.0265. The van der Waals surface area contributed by atoms with Crippen LogP contribution >= 0.6 is 0 Å². The monoisotopic (exact) mass is 553 g/mol. The second-order valence-corrected chi connectivity index (χ2v) is 11.0. The smallest absolute Gasteiger partial charge is 0.410 e. The number of Topliss-reactive ketones (excluding diaryl/α,β-unsaturated/α-hetero) is 1. The number of ether oxygens (including phenoxy) is 2. The van der Waals surface area contributed by atoms with E-state index in [1.54, 1.807) is 6.92 Å². The van der Waals surface area contributed by atoms with E-state index in [-0.39, 0.29) is 35.0 Å². The Morgan fingerprint density at radius 1 is 1.07 bits per heavy atom. The third kappa shape index (κ3) is 9.39. The fraction of sp³-hybridized carbons (Fsp3) is 0.545. The molecule has 0 aliphatic carbocycles. The van der Waals surface area contributed by atoms with Gasteiger partial charge in [0, 0.05) is 18.0 Å². The maximum absolute atomic E-state index is 13.5. The predicted molar refractivity (Wildman–Crippen MR) is 159 cm³/mol. The standard InChI is InChI=1S/C33H47NO6/c1-9-10-17-39-28-15-14-27(23(4)19-28)18-22(3)25(6)26(7)31(35)30-24(5)20-29(40-32(30)36)21(2)13-11-12-16-34-33(37)38-8/h12,14-16,19-22,25-26H,9-11,13,17-18H2,1-8H3,(H,34,37)/b16-12+. The topological polar surface area (TPSA) is 94.8 Å². The maximum atomic E-state index is 13.5. The number of alkyl carbamates (subject to hydrolysis) is 1.